The van der Waals surface area contributed by atoms with Crippen LogP contribution in [0.3, 0.4) is 0 Å². The Labute approximate surface area is 96.3 Å². The Balaban J connectivity index is 2.75. The first-order valence-corrected chi connectivity index (χ1v) is 5.58. The Morgan fingerprint density at radius 3 is 2.25 bits per heavy atom. The number of nitrogens with zero attached hydrogens (tertiary/aromatic N) is 2. The molecule has 86 valence electrons. The van der Waals surface area contributed by atoms with E-state index < -0.39 is 0 Å². The van der Waals surface area contributed by atoms with Gasteiger partial charge in [0.25, 0.3) is 0 Å². The van der Waals surface area contributed by atoms with Gasteiger partial charge in [0.2, 0.25) is 0 Å². The fourth-order valence-corrected chi connectivity index (χ4v) is 1.66. The van der Waals surface area contributed by atoms with E-state index in [9.17, 15) is 4.39 Å². The maximum Gasteiger partial charge on any atom is 0.123 e. The van der Waals surface area contributed by atoms with E-state index in [0.717, 1.165) is 18.7 Å². The van der Waals surface area contributed by atoms with Crippen LogP contribution >= 0.6 is 0 Å². The molecule has 0 spiro atoms. The molecular formula is C13H17FN2. The Morgan fingerprint density at radius 2 is 1.81 bits per heavy atom. The van der Waals surface area contributed by atoms with Crippen LogP contribution in [0.15, 0.2) is 24.3 Å². The molecule has 1 aromatic rings. The Bertz CT molecular complexity index is 349. The summed E-state index contributed by atoms with van der Waals surface area (Å²) in [6.07, 6.45) is 0. The van der Waals surface area contributed by atoms with Crippen LogP contribution in [-0.4, -0.2) is 24.5 Å². The fourth-order valence-electron chi connectivity index (χ4n) is 1.66. The van der Waals surface area contributed by atoms with Crippen LogP contribution in [0.2, 0.25) is 0 Å². The summed E-state index contributed by atoms with van der Waals surface area (Å²) in [6, 6.07) is 8.46. The molecule has 1 aromatic carbocycles. The standard InChI is InChI=1S/C13H17FN2/c1-3-16(4-2)10-12(9-15)11-5-7-13(14)8-6-11/h5-8,12H,3-4,10H2,1-2H3. The first-order valence-electron chi connectivity index (χ1n) is 5.58. The van der Waals surface area contributed by atoms with Crippen LogP contribution in [0.5, 0.6) is 0 Å². The van der Waals surface area contributed by atoms with Crippen molar-refractivity contribution < 1.29 is 4.39 Å². The van der Waals surface area contributed by atoms with Crippen LogP contribution < -0.4 is 0 Å². The Morgan fingerprint density at radius 1 is 1.25 bits per heavy atom. The van der Waals surface area contributed by atoms with E-state index in [4.69, 9.17) is 5.26 Å². The smallest absolute Gasteiger partial charge is 0.123 e. The second-order valence-corrected chi connectivity index (χ2v) is 3.72. The summed E-state index contributed by atoms with van der Waals surface area (Å²) in [5.41, 5.74) is 0.885. The largest absolute Gasteiger partial charge is 0.302 e. The summed E-state index contributed by atoms with van der Waals surface area (Å²) in [4.78, 5) is 2.19. The van der Waals surface area contributed by atoms with Crippen molar-refractivity contribution in [2.24, 2.45) is 0 Å². The van der Waals surface area contributed by atoms with Crippen molar-refractivity contribution in [2.45, 2.75) is 19.8 Å². The van der Waals surface area contributed by atoms with Crippen LogP contribution in [0, 0.1) is 17.1 Å². The van der Waals surface area contributed by atoms with Crippen LogP contribution in [0.4, 0.5) is 4.39 Å². The van der Waals surface area contributed by atoms with Crippen LogP contribution in [0.1, 0.15) is 25.3 Å². The van der Waals surface area contributed by atoms with Crippen LogP contribution in [-0.2, 0) is 0 Å². The lowest BCUT2D eigenvalue weighted by Crippen LogP contribution is -2.27. The zero-order valence-corrected chi connectivity index (χ0v) is 9.78. The van der Waals surface area contributed by atoms with Crippen molar-refractivity contribution in [3.05, 3.63) is 35.6 Å². The number of benzene rings is 1. The number of hydrogen-bond acceptors (Lipinski definition) is 2. The summed E-state index contributed by atoms with van der Waals surface area (Å²) in [5, 5.41) is 9.12. The molecule has 0 saturated heterocycles. The van der Waals surface area contributed by atoms with Crippen molar-refractivity contribution in [2.75, 3.05) is 19.6 Å². The molecule has 3 heteroatoms. The third-order valence-corrected chi connectivity index (χ3v) is 2.76. The minimum Gasteiger partial charge on any atom is -0.302 e. The van der Waals surface area contributed by atoms with Gasteiger partial charge in [0.15, 0.2) is 0 Å². The summed E-state index contributed by atoms with van der Waals surface area (Å²) in [7, 11) is 0. The number of hydrogen-bond donors (Lipinski definition) is 0. The molecule has 0 aliphatic heterocycles. The van der Waals surface area contributed by atoms with Gasteiger partial charge < -0.3 is 4.90 Å². The molecule has 0 fully saturated rings. The maximum atomic E-state index is 12.8. The quantitative estimate of drug-likeness (QED) is 0.763. The Hall–Kier alpha value is -1.40. The molecule has 0 aliphatic carbocycles. The van der Waals surface area contributed by atoms with E-state index in [1.807, 2.05) is 0 Å². The van der Waals surface area contributed by atoms with Crippen molar-refractivity contribution in [1.29, 1.82) is 5.26 Å². The van der Waals surface area contributed by atoms with E-state index in [0.29, 0.717) is 6.54 Å². The van der Waals surface area contributed by atoms with Crippen molar-refractivity contribution in [3.8, 4) is 6.07 Å². The lowest BCUT2D eigenvalue weighted by atomic mass is 10.00. The maximum absolute atomic E-state index is 12.8. The average molecular weight is 220 g/mol. The average Bonchev–Trinajstić information content (AvgIpc) is 2.32. The number of rotatable bonds is 5. The lowest BCUT2D eigenvalue weighted by molar-refractivity contribution is 0.298. The number of halogens is 1. The number of likely N-dealkylation sites (N-methyl/N-ethyl adjacent to an activating group) is 1. The third kappa shape index (κ3) is 3.32. The third-order valence-electron chi connectivity index (χ3n) is 2.76. The molecule has 16 heavy (non-hydrogen) atoms. The first kappa shape index (κ1) is 12.7. The summed E-state index contributed by atoms with van der Waals surface area (Å²) in [5.74, 6) is -0.441. The highest BCUT2D eigenvalue weighted by atomic mass is 19.1. The van der Waals surface area contributed by atoms with E-state index in [1.54, 1.807) is 12.1 Å². The van der Waals surface area contributed by atoms with Gasteiger partial charge >= 0.3 is 0 Å². The van der Waals surface area contributed by atoms with E-state index in [2.05, 4.69) is 24.8 Å². The van der Waals surface area contributed by atoms with E-state index in [1.165, 1.54) is 12.1 Å². The predicted octanol–water partition coefficient (Wildman–Crippen LogP) is 2.77. The minimum absolute atomic E-state index is 0.180. The Kier molecular flexibility index (Phi) is 4.94. The minimum atomic E-state index is -0.261. The van der Waals surface area contributed by atoms with Crippen molar-refractivity contribution >= 4 is 0 Å². The fraction of sp³-hybridized carbons (Fsp3) is 0.462. The van der Waals surface area contributed by atoms with Gasteiger partial charge in [0, 0.05) is 6.54 Å². The molecule has 0 bridgehead atoms. The second-order valence-electron chi connectivity index (χ2n) is 3.72. The SMILES string of the molecule is CCN(CC)CC(C#N)c1ccc(F)cc1. The molecule has 0 saturated carbocycles. The zero-order valence-electron chi connectivity index (χ0n) is 9.78. The molecule has 1 unspecified atom stereocenters. The molecule has 1 atom stereocenters. The van der Waals surface area contributed by atoms with Gasteiger partial charge in [-0.2, -0.15) is 5.26 Å². The van der Waals surface area contributed by atoms with Crippen molar-refractivity contribution in [3.63, 3.8) is 0 Å². The molecular weight excluding hydrogens is 203 g/mol. The number of nitriles is 1. The molecule has 2 nitrogen and oxygen atoms in total. The summed E-state index contributed by atoms with van der Waals surface area (Å²) >= 11 is 0. The van der Waals surface area contributed by atoms with Crippen LogP contribution in [0.25, 0.3) is 0 Å². The molecule has 0 N–H and O–H groups in total. The van der Waals surface area contributed by atoms with Gasteiger partial charge in [-0.15, -0.1) is 0 Å². The van der Waals surface area contributed by atoms with Gasteiger partial charge in [-0.05, 0) is 30.8 Å². The zero-order chi connectivity index (χ0) is 12.0. The molecule has 0 aliphatic rings. The van der Waals surface area contributed by atoms with Gasteiger partial charge in [-0.1, -0.05) is 26.0 Å². The van der Waals surface area contributed by atoms with Crippen molar-refractivity contribution in [1.82, 2.24) is 4.90 Å². The molecule has 0 heterocycles. The molecule has 0 amide bonds. The summed E-state index contributed by atoms with van der Waals surface area (Å²) < 4.78 is 12.8. The van der Waals surface area contributed by atoms with Gasteiger partial charge in [-0.25, -0.2) is 4.39 Å². The molecule has 1 rings (SSSR count). The van der Waals surface area contributed by atoms with Gasteiger partial charge in [0.05, 0.1) is 12.0 Å². The highest BCUT2D eigenvalue weighted by Crippen LogP contribution is 2.16. The highest BCUT2D eigenvalue weighted by Gasteiger charge is 2.13. The summed E-state index contributed by atoms with van der Waals surface area (Å²) in [6.45, 7) is 6.70. The predicted molar refractivity (Wildman–Crippen MR) is 62.5 cm³/mol. The second kappa shape index (κ2) is 6.24. The van der Waals surface area contributed by atoms with Gasteiger partial charge in [0.1, 0.15) is 5.82 Å². The van der Waals surface area contributed by atoms with E-state index in [-0.39, 0.29) is 11.7 Å². The molecule has 0 aromatic heterocycles. The highest BCUT2D eigenvalue weighted by molar-refractivity contribution is 5.25. The normalized spacial score (nSPS) is 12.4. The monoisotopic (exact) mass is 220 g/mol. The topological polar surface area (TPSA) is 27.0 Å². The van der Waals surface area contributed by atoms with Gasteiger partial charge in [-0.3, -0.25) is 0 Å². The molecule has 0 radical (unpaired) electrons. The lowest BCUT2D eigenvalue weighted by Gasteiger charge is -2.21. The first-order chi connectivity index (χ1) is 7.71. The van der Waals surface area contributed by atoms with E-state index >= 15 is 0 Å².